The molecule has 1 aliphatic rings. The van der Waals surface area contributed by atoms with Gasteiger partial charge < -0.3 is 25.4 Å². The van der Waals surface area contributed by atoms with Crippen molar-refractivity contribution in [3.05, 3.63) is 6.33 Å². The molecule has 28 heavy (non-hydrogen) atoms. The lowest BCUT2D eigenvalue weighted by Crippen LogP contribution is -2.33. The van der Waals surface area contributed by atoms with Gasteiger partial charge in [-0.25, -0.2) is 15.0 Å². The van der Waals surface area contributed by atoms with Gasteiger partial charge in [-0.05, 0) is 6.42 Å². The molecule has 0 aromatic carbocycles. The van der Waals surface area contributed by atoms with Gasteiger partial charge in [-0.1, -0.05) is 18.7 Å². The van der Waals surface area contributed by atoms with Gasteiger partial charge in [0.2, 0.25) is 0 Å². The van der Waals surface area contributed by atoms with Crippen LogP contribution in [0.25, 0.3) is 11.2 Å². The maximum Gasteiger partial charge on any atom is 0.405 e. The van der Waals surface area contributed by atoms with Crippen molar-refractivity contribution in [2.45, 2.75) is 49.2 Å². The summed E-state index contributed by atoms with van der Waals surface area (Å²) in [5.41, 5.74) is 0.218. The number of aliphatic hydroxyl groups is 3. The Morgan fingerprint density at radius 3 is 2.64 bits per heavy atom. The number of rotatable bonds is 7. The summed E-state index contributed by atoms with van der Waals surface area (Å²) in [4.78, 5) is 12.5. The van der Waals surface area contributed by atoms with Crippen LogP contribution in [0.4, 0.5) is 19.0 Å². The fourth-order valence-electron chi connectivity index (χ4n) is 2.76. The average molecular weight is 423 g/mol. The number of ether oxygens (including phenoxy) is 1. The average Bonchev–Trinajstić information content (AvgIpc) is 3.19. The molecular formula is C15H20F3N5O4S. The van der Waals surface area contributed by atoms with Crippen LogP contribution in [0.2, 0.25) is 0 Å². The Morgan fingerprint density at radius 2 is 2.04 bits per heavy atom. The van der Waals surface area contributed by atoms with E-state index in [1.165, 1.54) is 22.7 Å². The highest BCUT2D eigenvalue weighted by molar-refractivity contribution is 7.99. The molecule has 9 nitrogen and oxygen atoms in total. The zero-order chi connectivity index (χ0) is 20.5. The van der Waals surface area contributed by atoms with E-state index in [2.05, 4.69) is 20.3 Å². The lowest BCUT2D eigenvalue weighted by molar-refractivity contribution is -0.115. The lowest BCUT2D eigenvalue weighted by atomic mass is 10.1. The second kappa shape index (κ2) is 8.37. The highest BCUT2D eigenvalue weighted by Gasteiger charge is 2.44. The fourth-order valence-corrected chi connectivity index (χ4v) is 3.45. The van der Waals surface area contributed by atoms with Crippen molar-refractivity contribution in [2.75, 3.05) is 24.2 Å². The summed E-state index contributed by atoms with van der Waals surface area (Å²) in [6.07, 6.45) is -7.20. The monoisotopic (exact) mass is 423 g/mol. The van der Waals surface area contributed by atoms with Crippen LogP contribution in [0, 0.1) is 0 Å². The zero-order valence-electron chi connectivity index (χ0n) is 14.8. The summed E-state index contributed by atoms with van der Waals surface area (Å²) in [5, 5.41) is 31.9. The van der Waals surface area contributed by atoms with Crippen molar-refractivity contribution in [1.29, 1.82) is 0 Å². The smallest absolute Gasteiger partial charge is 0.394 e. The minimum atomic E-state index is -4.44. The Hall–Kier alpha value is -1.67. The number of fused-ring (bicyclic) bond motifs is 1. The maximum atomic E-state index is 12.6. The molecule has 156 valence electrons. The number of hydrogen-bond donors (Lipinski definition) is 4. The molecule has 3 rings (SSSR count). The number of alkyl halides is 3. The Morgan fingerprint density at radius 1 is 1.29 bits per heavy atom. The second-order valence-electron chi connectivity index (χ2n) is 6.22. The minimum absolute atomic E-state index is 0.0721. The molecule has 1 saturated heterocycles. The fraction of sp³-hybridized carbons (Fsp3) is 0.667. The zero-order valence-corrected chi connectivity index (χ0v) is 15.6. The Balaban J connectivity index is 2.00. The summed E-state index contributed by atoms with van der Waals surface area (Å²) in [6.45, 7) is 0.141. The predicted octanol–water partition coefficient (Wildman–Crippen LogP) is 0.914. The van der Waals surface area contributed by atoms with Crippen molar-refractivity contribution in [1.82, 2.24) is 19.5 Å². The quantitative estimate of drug-likeness (QED) is 0.380. The minimum Gasteiger partial charge on any atom is -0.394 e. The normalized spacial score (nSPS) is 25.5. The molecule has 0 amide bonds. The molecule has 2 aromatic heterocycles. The molecular weight excluding hydrogens is 403 g/mol. The van der Waals surface area contributed by atoms with Crippen LogP contribution in [0.1, 0.15) is 19.6 Å². The molecule has 4 N–H and O–H groups in total. The van der Waals surface area contributed by atoms with E-state index < -0.39 is 43.9 Å². The van der Waals surface area contributed by atoms with Crippen LogP contribution in [0.5, 0.6) is 0 Å². The van der Waals surface area contributed by atoms with Gasteiger partial charge in [0.25, 0.3) is 0 Å². The summed E-state index contributed by atoms with van der Waals surface area (Å²) in [7, 11) is 0. The molecule has 0 radical (unpaired) electrons. The number of aliphatic hydroxyl groups excluding tert-OH is 3. The van der Waals surface area contributed by atoms with E-state index in [-0.39, 0.29) is 22.1 Å². The van der Waals surface area contributed by atoms with Gasteiger partial charge in [0, 0.05) is 5.75 Å². The first kappa shape index (κ1) is 21.0. The highest BCUT2D eigenvalue weighted by Crippen LogP contribution is 2.33. The lowest BCUT2D eigenvalue weighted by Gasteiger charge is -2.17. The van der Waals surface area contributed by atoms with Crippen LogP contribution < -0.4 is 5.32 Å². The molecule has 2 aromatic rings. The molecule has 0 spiro atoms. The van der Waals surface area contributed by atoms with Gasteiger partial charge in [0.1, 0.15) is 24.9 Å². The molecule has 1 aliphatic heterocycles. The Bertz CT molecular complexity index is 821. The topological polar surface area (TPSA) is 126 Å². The molecule has 3 heterocycles. The van der Waals surface area contributed by atoms with Crippen molar-refractivity contribution in [2.24, 2.45) is 0 Å². The molecule has 0 aliphatic carbocycles. The third-order valence-electron chi connectivity index (χ3n) is 4.08. The number of nitrogens with zero attached hydrogens (tertiary/aromatic N) is 4. The number of hydrogen-bond acceptors (Lipinski definition) is 9. The van der Waals surface area contributed by atoms with Gasteiger partial charge in [-0.2, -0.15) is 13.2 Å². The number of aromatic nitrogens is 4. The summed E-state index contributed by atoms with van der Waals surface area (Å²) in [5.74, 6) is 0.568. The maximum absolute atomic E-state index is 12.6. The summed E-state index contributed by atoms with van der Waals surface area (Å²) < 4.78 is 44.7. The van der Waals surface area contributed by atoms with E-state index in [4.69, 9.17) is 4.74 Å². The molecule has 1 fully saturated rings. The van der Waals surface area contributed by atoms with E-state index in [1.807, 2.05) is 6.92 Å². The van der Waals surface area contributed by atoms with E-state index in [0.29, 0.717) is 5.75 Å². The van der Waals surface area contributed by atoms with Crippen molar-refractivity contribution >= 4 is 28.7 Å². The first-order valence-electron chi connectivity index (χ1n) is 8.55. The first-order valence-corrected chi connectivity index (χ1v) is 9.54. The summed E-state index contributed by atoms with van der Waals surface area (Å²) in [6, 6.07) is 0. The van der Waals surface area contributed by atoms with Gasteiger partial charge in [-0.15, -0.1) is 0 Å². The predicted molar refractivity (Wildman–Crippen MR) is 93.9 cm³/mol. The molecule has 13 heteroatoms. The van der Waals surface area contributed by atoms with Gasteiger partial charge in [-0.3, -0.25) is 4.57 Å². The van der Waals surface area contributed by atoms with Crippen LogP contribution in [0.3, 0.4) is 0 Å². The summed E-state index contributed by atoms with van der Waals surface area (Å²) >= 11 is 1.27. The molecule has 4 atom stereocenters. The Kier molecular flexibility index (Phi) is 6.29. The number of thioether (sulfide) groups is 1. The second-order valence-corrected chi connectivity index (χ2v) is 7.29. The van der Waals surface area contributed by atoms with E-state index in [1.54, 1.807) is 0 Å². The molecule has 0 unspecified atom stereocenters. The van der Waals surface area contributed by atoms with E-state index >= 15 is 0 Å². The SMILES string of the molecule is CCCSc1nc(NCC(F)(F)F)c2ncn([C@@H]3O[C@H](CO)[C@@H](O)[C@H]3O)c2n1. The Labute approximate surface area is 162 Å². The standard InChI is InChI=1S/C15H20F3N5O4S/c1-2-3-28-14-21-11(19-5-15(16,17)18)8-12(22-14)23(6-20-8)13-10(26)9(25)7(4-24)27-13/h6-7,9-10,13,24-26H,2-5H2,1H3,(H,19,21,22)/t7-,9-,10-,13-/m1/s1. The van der Waals surface area contributed by atoms with Gasteiger partial charge in [0.05, 0.1) is 12.9 Å². The van der Waals surface area contributed by atoms with Gasteiger partial charge >= 0.3 is 6.18 Å². The van der Waals surface area contributed by atoms with Crippen molar-refractivity contribution < 1.29 is 33.2 Å². The van der Waals surface area contributed by atoms with Crippen LogP contribution in [-0.4, -0.2) is 78.2 Å². The molecule has 0 bridgehead atoms. The van der Waals surface area contributed by atoms with E-state index in [0.717, 1.165) is 6.42 Å². The van der Waals surface area contributed by atoms with Crippen LogP contribution in [-0.2, 0) is 4.74 Å². The third kappa shape index (κ3) is 4.33. The molecule has 0 saturated carbocycles. The first-order chi connectivity index (χ1) is 13.2. The third-order valence-corrected chi connectivity index (χ3v) is 5.14. The van der Waals surface area contributed by atoms with Crippen LogP contribution in [0.15, 0.2) is 11.5 Å². The van der Waals surface area contributed by atoms with Gasteiger partial charge in [0.15, 0.2) is 28.4 Å². The van der Waals surface area contributed by atoms with Crippen molar-refractivity contribution in [3.8, 4) is 0 Å². The number of nitrogens with one attached hydrogen (secondary N) is 1. The number of halogens is 3. The largest absolute Gasteiger partial charge is 0.405 e. The van der Waals surface area contributed by atoms with E-state index in [9.17, 15) is 28.5 Å². The number of imidazole rings is 1. The highest BCUT2D eigenvalue weighted by atomic mass is 32.2. The van der Waals surface area contributed by atoms with Crippen molar-refractivity contribution in [3.63, 3.8) is 0 Å². The number of anilines is 1. The van der Waals surface area contributed by atoms with Crippen LogP contribution >= 0.6 is 11.8 Å².